The molecule has 0 saturated heterocycles. The van der Waals surface area contributed by atoms with E-state index in [1.807, 2.05) is 30.3 Å². The summed E-state index contributed by atoms with van der Waals surface area (Å²) in [5.74, 6) is -0.627. The third-order valence-electron chi connectivity index (χ3n) is 5.47. The van der Waals surface area contributed by atoms with Crippen LogP contribution in [0.4, 0.5) is 13.2 Å². The first kappa shape index (κ1) is 28.6. The number of hydrogen-bond donors (Lipinski definition) is 1. The van der Waals surface area contributed by atoms with Crippen LogP contribution in [-0.2, 0) is 31.1 Å². The average Bonchev–Trinajstić information content (AvgIpc) is 3.14. The average molecular weight is 545 g/mol. The van der Waals surface area contributed by atoms with Gasteiger partial charge in [0, 0.05) is 29.2 Å². The van der Waals surface area contributed by atoms with Crippen molar-refractivity contribution in [3.05, 3.63) is 71.7 Å². The Morgan fingerprint density at radius 1 is 1.06 bits per heavy atom. The zero-order chi connectivity index (χ0) is 26.7. The van der Waals surface area contributed by atoms with Crippen molar-refractivity contribution in [2.24, 2.45) is 0 Å². The number of hydrogen-bond acceptors (Lipinski definition) is 4. The summed E-state index contributed by atoms with van der Waals surface area (Å²) in [4.78, 5) is 0. The van der Waals surface area contributed by atoms with Crippen molar-refractivity contribution >= 4 is 29.5 Å². The van der Waals surface area contributed by atoms with Crippen molar-refractivity contribution in [3.8, 4) is 0 Å². The van der Waals surface area contributed by atoms with E-state index in [1.165, 1.54) is 32.2 Å². The normalized spacial score (nSPS) is 14.8. The molecular formula is C25H32F3N2O4PS. The maximum atomic E-state index is 16.2. The van der Waals surface area contributed by atoms with Crippen LogP contribution in [0.5, 0.6) is 0 Å². The van der Waals surface area contributed by atoms with E-state index >= 15 is 8.78 Å². The van der Waals surface area contributed by atoms with E-state index in [1.54, 1.807) is 25.3 Å². The van der Waals surface area contributed by atoms with Crippen molar-refractivity contribution < 1.29 is 31.0 Å². The van der Waals surface area contributed by atoms with Crippen molar-refractivity contribution in [2.45, 2.75) is 57.6 Å². The van der Waals surface area contributed by atoms with Gasteiger partial charge in [-0.2, -0.15) is 8.78 Å². The number of nitrogens with zero attached hydrogens (tertiary/aromatic N) is 1. The van der Waals surface area contributed by atoms with Gasteiger partial charge in [0.05, 0.1) is 28.9 Å². The monoisotopic (exact) mass is 544 g/mol. The predicted molar refractivity (Wildman–Crippen MR) is 137 cm³/mol. The number of rotatable bonds is 11. The van der Waals surface area contributed by atoms with E-state index in [4.69, 9.17) is 9.05 Å². The zero-order valence-corrected chi connectivity index (χ0v) is 22.7. The molecule has 1 heterocycles. The summed E-state index contributed by atoms with van der Waals surface area (Å²) in [7, 11) is -7.03. The molecule has 1 aromatic heterocycles. The van der Waals surface area contributed by atoms with E-state index in [9.17, 15) is 13.2 Å². The molecule has 11 heteroatoms. The molecule has 3 aromatic rings. The van der Waals surface area contributed by atoms with Crippen LogP contribution in [0.25, 0.3) is 10.9 Å². The molecule has 198 valence electrons. The molecule has 0 saturated carbocycles. The molecule has 2 atom stereocenters. The Bertz CT molecular complexity index is 1250. The van der Waals surface area contributed by atoms with Crippen LogP contribution in [0.3, 0.4) is 0 Å². The number of aromatic nitrogens is 1. The minimum Gasteiger partial charge on any atom is -0.343 e. The van der Waals surface area contributed by atoms with Crippen LogP contribution in [0, 0.1) is 5.82 Å². The van der Waals surface area contributed by atoms with Crippen LogP contribution in [-0.4, -0.2) is 32.4 Å². The van der Waals surface area contributed by atoms with Gasteiger partial charge in [0.25, 0.3) is 0 Å². The summed E-state index contributed by atoms with van der Waals surface area (Å²) < 4.78 is 86.4. The highest BCUT2D eigenvalue weighted by molar-refractivity contribution is 7.84. The van der Waals surface area contributed by atoms with E-state index < -0.39 is 40.9 Å². The largest absolute Gasteiger partial charge is 0.401 e. The van der Waals surface area contributed by atoms with Crippen LogP contribution in [0.1, 0.15) is 51.8 Å². The quantitative estimate of drug-likeness (QED) is 0.270. The van der Waals surface area contributed by atoms with Gasteiger partial charge < -0.3 is 13.6 Å². The number of nitrogens with one attached hydrogen (secondary N) is 1. The molecule has 0 radical (unpaired) electrons. The maximum absolute atomic E-state index is 16.2. The van der Waals surface area contributed by atoms with E-state index in [0.29, 0.717) is 12.1 Å². The van der Waals surface area contributed by atoms with E-state index in [2.05, 4.69) is 4.72 Å². The highest BCUT2D eigenvalue weighted by Gasteiger charge is 2.60. The fourth-order valence-electron chi connectivity index (χ4n) is 3.75. The van der Waals surface area contributed by atoms with Crippen molar-refractivity contribution in [1.82, 2.24) is 9.29 Å². The molecule has 2 unspecified atom stereocenters. The molecule has 0 aliphatic heterocycles. The Hall–Kier alpha value is -1.97. The van der Waals surface area contributed by atoms with Gasteiger partial charge in [-0.3, -0.25) is 4.57 Å². The lowest BCUT2D eigenvalue weighted by atomic mass is 10.1. The standard InChI is InChI=1S/C25H32F3N2O4PS/c1-6-33-35(31,34-7-2)25(27,28)23(29-36(32)24(3,4)5)21-17-30(16-18-11-9-8-10-12-18)22-14-13-19(26)15-20(21)22/h8-15,17,23,29H,6-7,16H2,1-5H3. The fourth-order valence-corrected chi connectivity index (χ4v) is 6.30. The van der Waals surface area contributed by atoms with Gasteiger partial charge in [-0.05, 0) is 58.4 Å². The van der Waals surface area contributed by atoms with Crippen molar-refractivity contribution in [2.75, 3.05) is 13.2 Å². The fraction of sp³-hybridized carbons (Fsp3) is 0.440. The SMILES string of the molecule is CCOP(=O)(OCC)C(F)(F)C(NS(=O)C(C)(C)C)c1cn(Cc2ccccc2)c2ccc(F)cc12. The lowest BCUT2D eigenvalue weighted by Gasteiger charge is -2.33. The van der Waals surface area contributed by atoms with Gasteiger partial charge in [0.2, 0.25) is 0 Å². The van der Waals surface area contributed by atoms with Crippen LogP contribution >= 0.6 is 7.60 Å². The topological polar surface area (TPSA) is 69.6 Å². The van der Waals surface area contributed by atoms with Gasteiger partial charge in [0.1, 0.15) is 11.9 Å². The second-order valence-electron chi connectivity index (χ2n) is 9.21. The number of alkyl halides is 2. The minimum atomic E-state index is -5.03. The Morgan fingerprint density at radius 2 is 1.67 bits per heavy atom. The molecule has 0 spiro atoms. The third kappa shape index (κ3) is 5.94. The molecule has 0 aliphatic carbocycles. The third-order valence-corrected chi connectivity index (χ3v) is 9.22. The Morgan fingerprint density at radius 3 is 2.22 bits per heavy atom. The van der Waals surface area contributed by atoms with E-state index in [0.717, 1.165) is 11.6 Å². The number of halogens is 3. The van der Waals surface area contributed by atoms with Crippen LogP contribution < -0.4 is 4.72 Å². The zero-order valence-electron chi connectivity index (χ0n) is 21.0. The second kappa shape index (κ2) is 11.2. The molecule has 2 aromatic carbocycles. The summed E-state index contributed by atoms with van der Waals surface area (Å²) in [5.41, 5.74) is -2.82. The summed E-state index contributed by atoms with van der Waals surface area (Å²) >= 11 is 0. The van der Waals surface area contributed by atoms with Gasteiger partial charge in [-0.15, -0.1) is 0 Å². The molecule has 3 rings (SSSR count). The maximum Gasteiger partial charge on any atom is 0.401 e. The van der Waals surface area contributed by atoms with Gasteiger partial charge in [-0.1, -0.05) is 30.3 Å². The first-order chi connectivity index (χ1) is 16.8. The summed E-state index contributed by atoms with van der Waals surface area (Å²) in [6.45, 7) is 7.46. The minimum absolute atomic E-state index is 0.0670. The summed E-state index contributed by atoms with van der Waals surface area (Å²) in [6.07, 6.45) is 1.45. The lowest BCUT2D eigenvalue weighted by Crippen LogP contribution is -2.43. The first-order valence-electron chi connectivity index (χ1n) is 11.6. The molecule has 6 nitrogen and oxygen atoms in total. The molecule has 0 bridgehead atoms. The first-order valence-corrected chi connectivity index (χ1v) is 14.3. The Balaban J connectivity index is 2.25. The molecular weight excluding hydrogens is 512 g/mol. The van der Waals surface area contributed by atoms with E-state index in [-0.39, 0.29) is 24.2 Å². The predicted octanol–water partition coefficient (Wildman–Crippen LogP) is 6.78. The van der Waals surface area contributed by atoms with Crippen LogP contribution in [0.2, 0.25) is 0 Å². The molecule has 0 amide bonds. The summed E-state index contributed by atoms with van der Waals surface area (Å²) in [6, 6.07) is 11.1. The molecule has 1 N–H and O–H groups in total. The number of fused-ring (bicyclic) bond motifs is 1. The van der Waals surface area contributed by atoms with Crippen molar-refractivity contribution in [3.63, 3.8) is 0 Å². The van der Waals surface area contributed by atoms with Crippen molar-refractivity contribution in [1.29, 1.82) is 0 Å². The lowest BCUT2D eigenvalue weighted by molar-refractivity contribution is 0.0119. The smallest absolute Gasteiger partial charge is 0.343 e. The number of benzene rings is 2. The summed E-state index contributed by atoms with van der Waals surface area (Å²) in [5, 5.41) is 0.175. The molecule has 0 fully saturated rings. The Kier molecular flexibility index (Phi) is 8.89. The Labute approximate surface area is 212 Å². The highest BCUT2D eigenvalue weighted by atomic mass is 32.2. The second-order valence-corrected chi connectivity index (χ2v) is 13.3. The molecule has 0 aliphatic rings. The van der Waals surface area contributed by atoms with Crippen LogP contribution in [0.15, 0.2) is 54.7 Å². The van der Waals surface area contributed by atoms with Gasteiger partial charge in [0.15, 0.2) is 0 Å². The van der Waals surface area contributed by atoms with Gasteiger partial charge in [-0.25, -0.2) is 13.3 Å². The molecule has 36 heavy (non-hydrogen) atoms. The highest BCUT2D eigenvalue weighted by Crippen LogP contribution is 2.66. The van der Waals surface area contributed by atoms with Gasteiger partial charge >= 0.3 is 13.3 Å².